The van der Waals surface area contributed by atoms with E-state index >= 15 is 0 Å². The van der Waals surface area contributed by atoms with Crippen molar-refractivity contribution >= 4 is 38.0 Å². The number of hydrogen-bond acceptors (Lipinski definition) is 6. The standard InChI is InChI=1S/C30H32N2O5S2/c1-36-19-6-17-31(39(34,35)28-10-5-8-22-7-3-4-9-25(22)28)21-29(33)32-18-15-27-26(16-20-38-27)30(32)23-11-13-24(37-2)14-12-23/h3-5,7-14,16,20,30H,6,15,17-19,21H2,1-2H3. The Morgan fingerprint density at radius 3 is 2.56 bits per heavy atom. The molecule has 0 fully saturated rings. The van der Waals surface area contributed by atoms with Gasteiger partial charge in [-0.3, -0.25) is 4.79 Å². The number of hydrogen-bond donors (Lipinski definition) is 0. The van der Waals surface area contributed by atoms with Crippen molar-refractivity contribution in [1.82, 2.24) is 9.21 Å². The van der Waals surface area contributed by atoms with Gasteiger partial charge in [-0.2, -0.15) is 4.31 Å². The van der Waals surface area contributed by atoms with Gasteiger partial charge in [-0.15, -0.1) is 11.3 Å². The van der Waals surface area contributed by atoms with Crippen LogP contribution < -0.4 is 4.74 Å². The van der Waals surface area contributed by atoms with Gasteiger partial charge in [0.05, 0.1) is 24.6 Å². The molecule has 1 aromatic heterocycles. The van der Waals surface area contributed by atoms with Crippen molar-refractivity contribution in [3.63, 3.8) is 0 Å². The third-order valence-electron chi connectivity index (χ3n) is 7.15. The number of thiophene rings is 1. The van der Waals surface area contributed by atoms with E-state index in [4.69, 9.17) is 9.47 Å². The molecule has 0 N–H and O–H groups in total. The van der Waals surface area contributed by atoms with Crippen molar-refractivity contribution in [1.29, 1.82) is 0 Å². The van der Waals surface area contributed by atoms with Gasteiger partial charge in [0.1, 0.15) is 5.75 Å². The molecule has 2 heterocycles. The quantitative estimate of drug-likeness (QED) is 0.250. The number of nitrogens with zero attached hydrogens (tertiary/aromatic N) is 2. The van der Waals surface area contributed by atoms with Crippen LogP contribution in [0.3, 0.4) is 0 Å². The zero-order valence-corrected chi connectivity index (χ0v) is 23.7. The summed E-state index contributed by atoms with van der Waals surface area (Å²) in [5, 5.41) is 3.53. The predicted octanol–water partition coefficient (Wildman–Crippen LogP) is 5.11. The molecule has 0 saturated heterocycles. The monoisotopic (exact) mass is 564 g/mol. The molecule has 1 unspecified atom stereocenters. The van der Waals surface area contributed by atoms with E-state index in [2.05, 4.69) is 11.4 Å². The molecule has 204 valence electrons. The Labute approximate surface area is 233 Å². The first-order valence-corrected chi connectivity index (χ1v) is 15.2. The van der Waals surface area contributed by atoms with E-state index in [-0.39, 0.29) is 29.9 Å². The maximum Gasteiger partial charge on any atom is 0.244 e. The zero-order chi connectivity index (χ0) is 27.4. The summed E-state index contributed by atoms with van der Waals surface area (Å²) in [5.41, 5.74) is 2.05. The van der Waals surface area contributed by atoms with Crippen LogP contribution in [-0.4, -0.2) is 64.0 Å². The number of carbonyl (C=O) groups excluding carboxylic acids is 1. The Morgan fingerprint density at radius 2 is 1.79 bits per heavy atom. The van der Waals surface area contributed by atoms with E-state index in [0.717, 1.165) is 28.7 Å². The van der Waals surface area contributed by atoms with Crippen LogP contribution in [0.15, 0.2) is 83.1 Å². The van der Waals surface area contributed by atoms with Crippen LogP contribution in [0.1, 0.15) is 28.5 Å². The summed E-state index contributed by atoms with van der Waals surface area (Å²) in [4.78, 5) is 17.3. The second-order valence-electron chi connectivity index (χ2n) is 9.47. The maximum absolute atomic E-state index is 14.0. The van der Waals surface area contributed by atoms with Gasteiger partial charge in [0.25, 0.3) is 0 Å². The number of ether oxygens (including phenoxy) is 2. The highest BCUT2D eigenvalue weighted by atomic mass is 32.2. The Bertz CT molecular complexity index is 1540. The summed E-state index contributed by atoms with van der Waals surface area (Å²) in [7, 11) is -0.761. The van der Waals surface area contributed by atoms with Crippen molar-refractivity contribution < 1.29 is 22.7 Å². The highest BCUT2D eigenvalue weighted by Gasteiger charge is 2.36. The predicted molar refractivity (Wildman–Crippen MR) is 154 cm³/mol. The minimum absolute atomic E-state index is 0.176. The van der Waals surface area contributed by atoms with Crippen molar-refractivity contribution in [3.8, 4) is 5.75 Å². The Hall–Kier alpha value is -3.24. The van der Waals surface area contributed by atoms with Gasteiger partial charge in [0, 0.05) is 37.1 Å². The third-order valence-corrected chi connectivity index (χ3v) is 10.1. The lowest BCUT2D eigenvalue weighted by atomic mass is 9.93. The lowest BCUT2D eigenvalue weighted by molar-refractivity contribution is -0.133. The Kier molecular flexibility index (Phi) is 8.32. The summed E-state index contributed by atoms with van der Waals surface area (Å²) in [6.07, 6.45) is 1.22. The summed E-state index contributed by atoms with van der Waals surface area (Å²) < 4.78 is 39.9. The second-order valence-corrected chi connectivity index (χ2v) is 12.4. The van der Waals surface area contributed by atoms with E-state index in [1.54, 1.807) is 43.8 Å². The van der Waals surface area contributed by atoms with Crippen molar-refractivity contribution in [3.05, 3.63) is 94.2 Å². The first-order chi connectivity index (χ1) is 18.9. The number of sulfonamides is 1. The average molecular weight is 565 g/mol. The van der Waals surface area contributed by atoms with Gasteiger partial charge in [-0.1, -0.05) is 48.5 Å². The van der Waals surface area contributed by atoms with E-state index in [1.165, 1.54) is 9.18 Å². The number of fused-ring (bicyclic) bond motifs is 2. The molecule has 7 nitrogen and oxygen atoms in total. The molecule has 0 bridgehead atoms. The molecular weight excluding hydrogens is 532 g/mol. The number of carbonyl (C=O) groups is 1. The SMILES string of the molecule is COCCCN(CC(=O)N1CCc2sccc2C1c1ccc(OC)cc1)S(=O)(=O)c1cccc2ccccc12. The van der Waals surface area contributed by atoms with E-state index in [9.17, 15) is 13.2 Å². The zero-order valence-electron chi connectivity index (χ0n) is 22.1. The van der Waals surface area contributed by atoms with Gasteiger partial charge in [-0.25, -0.2) is 8.42 Å². The molecule has 3 aromatic carbocycles. The van der Waals surface area contributed by atoms with Gasteiger partial charge in [0.15, 0.2) is 0 Å². The minimum atomic E-state index is -3.97. The van der Waals surface area contributed by atoms with E-state index < -0.39 is 10.0 Å². The molecule has 1 aliphatic rings. The molecule has 0 saturated carbocycles. The van der Waals surface area contributed by atoms with Crippen LogP contribution in [0.4, 0.5) is 0 Å². The van der Waals surface area contributed by atoms with Crippen molar-refractivity contribution in [2.45, 2.75) is 23.8 Å². The lowest BCUT2D eigenvalue weighted by Crippen LogP contribution is -2.47. The highest BCUT2D eigenvalue weighted by molar-refractivity contribution is 7.89. The lowest BCUT2D eigenvalue weighted by Gasteiger charge is -2.37. The van der Waals surface area contributed by atoms with Crippen LogP contribution in [0.25, 0.3) is 10.8 Å². The molecule has 1 atom stereocenters. The fraction of sp³-hybridized carbons (Fsp3) is 0.300. The number of benzene rings is 3. The van der Waals surface area contributed by atoms with Crippen LogP contribution in [0.5, 0.6) is 5.75 Å². The third kappa shape index (κ3) is 5.58. The van der Waals surface area contributed by atoms with E-state index in [0.29, 0.717) is 25.0 Å². The van der Waals surface area contributed by atoms with Gasteiger partial charge in [0.2, 0.25) is 15.9 Å². The number of methoxy groups -OCH3 is 2. The van der Waals surface area contributed by atoms with Crippen molar-refractivity contribution in [2.75, 3.05) is 40.5 Å². The fourth-order valence-corrected chi connectivity index (χ4v) is 7.75. The van der Waals surface area contributed by atoms with E-state index in [1.807, 2.05) is 53.4 Å². The topological polar surface area (TPSA) is 76.2 Å². The smallest absolute Gasteiger partial charge is 0.244 e. The fourth-order valence-electron chi connectivity index (χ4n) is 5.20. The number of amides is 1. The molecule has 0 spiro atoms. The van der Waals surface area contributed by atoms with Crippen LogP contribution >= 0.6 is 11.3 Å². The Morgan fingerprint density at radius 1 is 1.03 bits per heavy atom. The number of rotatable bonds is 10. The largest absolute Gasteiger partial charge is 0.497 e. The maximum atomic E-state index is 14.0. The molecule has 9 heteroatoms. The Balaban J connectivity index is 1.49. The van der Waals surface area contributed by atoms with Gasteiger partial charge >= 0.3 is 0 Å². The van der Waals surface area contributed by atoms with Crippen molar-refractivity contribution in [2.24, 2.45) is 0 Å². The summed E-state index contributed by atoms with van der Waals surface area (Å²) in [5.74, 6) is 0.511. The molecule has 1 aliphatic heterocycles. The summed E-state index contributed by atoms with van der Waals surface area (Å²) in [6, 6.07) is 22.1. The molecule has 39 heavy (non-hydrogen) atoms. The van der Waals surface area contributed by atoms with Crippen LogP contribution in [0.2, 0.25) is 0 Å². The normalized spacial score (nSPS) is 15.5. The van der Waals surface area contributed by atoms with Gasteiger partial charge < -0.3 is 14.4 Å². The van der Waals surface area contributed by atoms with Crippen LogP contribution in [-0.2, 0) is 26.0 Å². The first-order valence-electron chi connectivity index (χ1n) is 12.9. The molecule has 1 amide bonds. The van der Waals surface area contributed by atoms with Gasteiger partial charge in [-0.05, 0) is 59.0 Å². The first kappa shape index (κ1) is 27.3. The average Bonchev–Trinajstić information content (AvgIpc) is 3.45. The molecule has 5 rings (SSSR count). The molecule has 4 aromatic rings. The summed E-state index contributed by atoms with van der Waals surface area (Å²) in [6.45, 7) is 0.840. The molecule has 0 aliphatic carbocycles. The molecule has 0 radical (unpaired) electrons. The minimum Gasteiger partial charge on any atom is -0.497 e. The highest BCUT2D eigenvalue weighted by Crippen LogP contribution is 2.38. The second kappa shape index (κ2) is 11.9. The van der Waals surface area contributed by atoms with Crippen LogP contribution in [0, 0.1) is 0 Å². The molecular formula is C30H32N2O5S2. The summed E-state index contributed by atoms with van der Waals surface area (Å²) >= 11 is 1.69.